The Balaban J connectivity index is 1.45. The van der Waals surface area contributed by atoms with Crippen LogP contribution < -0.4 is 5.32 Å². The summed E-state index contributed by atoms with van der Waals surface area (Å²) in [6.45, 7) is 3.28. The Hall–Kier alpha value is -3.20. The molecule has 1 fully saturated rings. The van der Waals surface area contributed by atoms with Crippen molar-refractivity contribution in [1.82, 2.24) is 30.8 Å². The van der Waals surface area contributed by atoms with E-state index in [1.807, 2.05) is 60.4 Å². The van der Waals surface area contributed by atoms with Crippen molar-refractivity contribution in [2.24, 2.45) is 11.8 Å². The van der Waals surface area contributed by atoms with Crippen LogP contribution in [0.5, 0.6) is 0 Å². The summed E-state index contributed by atoms with van der Waals surface area (Å²) in [4.78, 5) is 26.7. The number of benzene rings is 2. The van der Waals surface area contributed by atoms with Gasteiger partial charge in [0, 0.05) is 42.8 Å². The van der Waals surface area contributed by atoms with Gasteiger partial charge in [-0.1, -0.05) is 55.5 Å². The molecule has 1 aliphatic carbocycles. The van der Waals surface area contributed by atoms with Crippen LogP contribution in [0.4, 0.5) is 0 Å². The highest BCUT2D eigenvalue weighted by Gasteiger charge is 2.33. The zero-order valence-electron chi connectivity index (χ0n) is 18.6. The highest BCUT2D eigenvalue weighted by molar-refractivity contribution is 7.80. The lowest BCUT2D eigenvalue weighted by Crippen LogP contribution is -2.40. The Morgan fingerprint density at radius 1 is 1.15 bits per heavy atom. The number of tetrazole rings is 1. The fourth-order valence-electron chi connectivity index (χ4n) is 3.65. The molecule has 9 heteroatoms. The maximum Gasteiger partial charge on any atom is 0.226 e. The number of thiol groups is 1. The number of hydrogen-bond acceptors (Lipinski definition) is 6. The molecule has 2 aromatic carbocycles. The monoisotopic (exact) mass is 464 g/mol. The summed E-state index contributed by atoms with van der Waals surface area (Å²) in [5.74, 6) is 1.22. The van der Waals surface area contributed by atoms with E-state index in [1.54, 1.807) is 0 Å². The zero-order valence-corrected chi connectivity index (χ0v) is 19.5. The normalized spacial score (nSPS) is 14.0. The van der Waals surface area contributed by atoms with Gasteiger partial charge in [0.1, 0.15) is 0 Å². The highest BCUT2D eigenvalue weighted by atomic mass is 32.1. The molecule has 33 heavy (non-hydrogen) atoms. The minimum atomic E-state index is -0.149. The number of H-pyrrole nitrogens is 1. The third kappa shape index (κ3) is 5.78. The van der Waals surface area contributed by atoms with Gasteiger partial charge in [-0.25, -0.2) is 5.10 Å². The standard InChI is InChI=1S/C24H28N6O2S/c1-16(15-33)23(31)25-12-13-30(24(32)19-10-11-19)14-17-6-8-18(9-7-17)20-4-2-3-5-21(20)22-26-28-29-27-22/h2-9,16,19,33H,10-15H2,1H3,(H,25,31)(H,26,27,28,29). The minimum absolute atomic E-state index is 0.0335. The summed E-state index contributed by atoms with van der Waals surface area (Å²) in [7, 11) is 0. The fraction of sp³-hybridized carbons (Fsp3) is 0.375. The summed E-state index contributed by atoms with van der Waals surface area (Å²) >= 11 is 4.17. The van der Waals surface area contributed by atoms with Gasteiger partial charge in [-0.2, -0.15) is 12.6 Å². The number of aromatic nitrogens is 4. The first-order valence-electron chi connectivity index (χ1n) is 11.2. The number of nitrogens with one attached hydrogen (secondary N) is 2. The van der Waals surface area contributed by atoms with Crippen molar-refractivity contribution in [2.75, 3.05) is 18.8 Å². The Labute approximate surface area is 198 Å². The maximum atomic E-state index is 12.8. The minimum Gasteiger partial charge on any atom is -0.354 e. The zero-order chi connectivity index (χ0) is 23.2. The average Bonchev–Trinajstić information content (AvgIpc) is 3.56. The number of nitrogens with zero attached hydrogens (tertiary/aromatic N) is 4. The van der Waals surface area contributed by atoms with Gasteiger partial charge in [0.05, 0.1) is 0 Å². The van der Waals surface area contributed by atoms with Gasteiger partial charge in [0.2, 0.25) is 11.8 Å². The van der Waals surface area contributed by atoms with E-state index in [0.717, 1.165) is 35.1 Å². The first-order chi connectivity index (χ1) is 16.1. The van der Waals surface area contributed by atoms with Gasteiger partial charge in [-0.3, -0.25) is 9.59 Å². The van der Waals surface area contributed by atoms with Crippen LogP contribution in [-0.2, 0) is 16.1 Å². The van der Waals surface area contributed by atoms with Crippen LogP contribution >= 0.6 is 12.6 Å². The van der Waals surface area contributed by atoms with E-state index in [4.69, 9.17) is 0 Å². The summed E-state index contributed by atoms with van der Waals surface area (Å²) in [5, 5.41) is 17.1. The molecule has 2 N–H and O–H groups in total. The predicted molar refractivity (Wildman–Crippen MR) is 129 cm³/mol. The number of aromatic amines is 1. The fourth-order valence-corrected chi connectivity index (χ4v) is 3.82. The second-order valence-corrected chi connectivity index (χ2v) is 8.77. The van der Waals surface area contributed by atoms with Gasteiger partial charge in [-0.05, 0) is 40.0 Å². The third-order valence-corrected chi connectivity index (χ3v) is 6.35. The molecule has 0 aliphatic heterocycles. The Bertz CT molecular complexity index is 1080. The lowest BCUT2D eigenvalue weighted by Gasteiger charge is -2.24. The van der Waals surface area contributed by atoms with Crippen molar-refractivity contribution in [1.29, 1.82) is 0 Å². The molecule has 3 aromatic rings. The van der Waals surface area contributed by atoms with Gasteiger partial charge in [-0.15, -0.1) is 5.10 Å². The summed E-state index contributed by atoms with van der Waals surface area (Å²) in [6, 6.07) is 16.1. The molecule has 172 valence electrons. The van der Waals surface area contributed by atoms with E-state index >= 15 is 0 Å². The molecule has 8 nitrogen and oxygen atoms in total. The molecule has 1 saturated carbocycles. The number of amides is 2. The molecule has 4 rings (SSSR count). The smallest absolute Gasteiger partial charge is 0.226 e. The first-order valence-corrected chi connectivity index (χ1v) is 11.8. The topological polar surface area (TPSA) is 104 Å². The van der Waals surface area contributed by atoms with Crippen LogP contribution in [0.2, 0.25) is 0 Å². The van der Waals surface area contributed by atoms with Crippen LogP contribution in [0.15, 0.2) is 48.5 Å². The van der Waals surface area contributed by atoms with Crippen molar-refractivity contribution in [3.05, 3.63) is 54.1 Å². The number of carbonyl (C=O) groups is 2. The van der Waals surface area contributed by atoms with Gasteiger partial charge < -0.3 is 10.2 Å². The third-order valence-electron chi connectivity index (χ3n) is 5.81. The second kappa shape index (κ2) is 10.6. The van der Waals surface area contributed by atoms with Crippen LogP contribution in [0.25, 0.3) is 22.5 Å². The Morgan fingerprint density at radius 2 is 1.88 bits per heavy atom. The molecule has 1 aliphatic rings. The SMILES string of the molecule is CC(CS)C(=O)NCCN(Cc1ccc(-c2ccccc2-c2nnn[nH]2)cc1)C(=O)C1CC1. The molecule has 1 heterocycles. The van der Waals surface area contributed by atoms with E-state index in [9.17, 15) is 9.59 Å². The molecular weight excluding hydrogens is 436 g/mol. The van der Waals surface area contributed by atoms with Crippen molar-refractivity contribution in [3.8, 4) is 22.5 Å². The van der Waals surface area contributed by atoms with E-state index in [1.165, 1.54) is 0 Å². The van der Waals surface area contributed by atoms with E-state index in [2.05, 4.69) is 38.6 Å². The molecule has 0 spiro atoms. The van der Waals surface area contributed by atoms with Crippen molar-refractivity contribution >= 4 is 24.4 Å². The summed E-state index contributed by atoms with van der Waals surface area (Å²) < 4.78 is 0. The van der Waals surface area contributed by atoms with E-state index < -0.39 is 0 Å². The molecule has 0 bridgehead atoms. The lowest BCUT2D eigenvalue weighted by molar-refractivity contribution is -0.133. The summed E-state index contributed by atoms with van der Waals surface area (Å²) in [6.07, 6.45) is 1.90. The quantitative estimate of drug-likeness (QED) is 0.400. The largest absolute Gasteiger partial charge is 0.354 e. The van der Waals surface area contributed by atoms with Crippen molar-refractivity contribution in [2.45, 2.75) is 26.3 Å². The van der Waals surface area contributed by atoms with Crippen LogP contribution in [0, 0.1) is 11.8 Å². The second-order valence-electron chi connectivity index (χ2n) is 8.40. The highest BCUT2D eigenvalue weighted by Crippen LogP contribution is 2.32. The molecule has 1 atom stereocenters. The Morgan fingerprint density at radius 3 is 2.52 bits per heavy atom. The van der Waals surface area contributed by atoms with E-state index in [0.29, 0.717) is 31.2 Å². The van der Waals surface area contributed by atoms with Crippen molar-refractivity contribution in [3.63, 3.8) is 0 Å². The van der Waals surface area contributed by atoms with Crippen LogP contribution in [-0.4, -0.2) is 56.2 Å². The Kier molecular flexibility index (Phi) is 7.39. The average molecular weight is 465 g/mol. The molecule has 0 saturated heterocycles. The molecule has 2 amide bonds. The van der Waals surface area contributed by atoms with Gasteiger partial charge in [0.25, 0.3) is 0 Å². The number of rotatable bonds is 10. The predicted octanol–water partition coefficient (Wildman–Crippen LogP) is 2.95. The van der Waals surface area contributed by atoms with Crippen LogP contribution in [0.1, 0.15) is 25.3 Å². The summed E-state index contributed by atoms with van der Waals surface area (Å²) in [5.41, 5.74) is 4.03. The molecule has 1 aromatic heterocycles. The lowest BCUT2D eigenvalue weighted by atomic mass is 9.98. The van der Waals surface area contributed by atoms with Gasteiger partial charge in [0.15, 0.2) is 5.82 Å². The number of carbonyl (C=O) groups excluding carboxylic acids is 2. The molecule has 1 unspecified atom stereocenters. The maximum absolute atomic E-state index is 12.8. The van der Waals surface area contributed by atoms with Gasteiger partial charge >= 0.3 is 0 Å². The van der Waals surface area contributed by atoms with Crippen molar-refractivity contribution < 1.29 is 9.59 Å². The molecular formula is C24H28N6O2S. The van der Waals surface area contributed by atoms with E-state index in [-0.39, 0.29) is 23.7 Å². The first kappa shape index (κ1) is 23.0. The molecule has 0 radical (unpaired) electrons. The number of hydrogen-bond donors (Lipinski definition) is 3. The van der Waals surface area contributed by atoms with Crippen LogP contribution in [0.3, 0.4) is 0 Å².